The highest BCUT2D eigenvalue weighted by Gasteiger charge is 2.42. The molecule has 2 rings (SSSR count). The minimum absolute atomic E-state index is 0.143. The molecule has 168 valence electrons. The monoisotopic (exact) mass is 410 g/mol. The summed E-state index contributed by atoms with van der Waals surface area (Å²) in [6, 6.07) is 0. The molecule has 2 aliphatic rings. The lowest BCUT2D eigenvalue weighted by molar-refractivity contribution is -0.171. The third kappa shape index (κ3) is 7.69. The predicted molar refractivity (Wildman–Crippen MR) is 114 cm³/mol. The van der Waals surface area contributed by atoms with E-state index in [9.17, 15) is 9.90 Å². The van der Waals surface area contributed by atoms with E-state index in [-0.39, 0.29) is 12.1 Å². The van der Waals surface area contributed by atoms with Crippen molar-refractivity contribution >= 4 is 5.97 Å². The van der Waals surface area contributed by atoms with Crippen molar-refractivity contribution in [2.45, 2.75) is 96.4 Å². The highest BCUT2D eigenvalue weighted by atomic mass is 16.7. The molecule has 0 aromatic rings. The fourth-order valence-corrected chi connectivity index (χ4v) is 5.03. The largest absolute Gasteiger partial charge is 0.469 e. The molecule has 1 saturated heterocycles. The molecule has 1 aliphatic heterocycles. The molecular formula is C24H42O5. The van der Waals surface area contributed by atoms with Crippen LogP contribution in [0.15, 0.2) is 12.2 Å². The Hall–Kier alpha value is -0.910. The standard InChI is InChI=1S/C24H42O5/c1-4-5-10-14-24(28-16-17-29-24)15-13-21-20(19(2)18-22(21)25)11-8-6-7-9-12-23(26)27-3/h6,8,19-22,25H,4-5,7,9-18H2,1-3H3/b8-6-/t19?,20-,21+,22-/m0/s1. The van der Waals surface area contributed by atoms with Gasteiger partial charge < -0.3 is 19.3 Å². The van der Waals surface area contributed by atoms with Crippen LogP contribution in [0.1, 0.15) is 84.5 Å². The van der Waals surface area contributed by atoms with Gasteiger partial charge in [0.2, 0.25) is 0 Å². The summed E-state index contributed by atoms with van der Waals surface area (Å²) in [4.78, 5) is 11.2. The molecule has 0 bridgehead atoms. The number of methoxy groups -OCH3 is 1. The normalized spacial score (nSPS) is 29.0. The summed E-state index contributed by atoms with van der Waals surface area (Å²) in [7, 11) is 1.43. The Morgan fingerprint density at radius 1 is 1.14 bits per heavy atom. The molecule has 0 amide bonds. The van der Waals surface area contributed by atoms with E-state index in [1.807, 2.05) is 0 Å². The van der Waals surface area contributed by atoms with E-state index in [0.29, 0.717) is 37.4 Å². The summed E-state index contributed by atoms with van der Waals surface area (Å²) in [6.07, 6.45) is 14.6. The van der Waals surface area contributed by atoms with E-state index in [2.05, 4.69) is 30.7 Å². The first-order chi connectivity index (χ1) is 14.0. The van der Waals surface area contributed by atoms with Gasteiger partial charge in [-0.2, -0.15) is 0 Å². The second-order valence-corrected chi connectivity index (χ2v) is 8.89. The zero-order valence-electron chi connectivity index (χ0n) is 18.7. The second-order valence-electron chi connectivity index (χ2n) is 8.89. The van der Waals surface area contributed by atoms with E-state index in [1.165, 1.54) is 20.0 Å². The van der Waals surface area contributed by atoms with E-state index in [0.717, 1.165) is 51.4 Å². The van der Waals surface area contributed by atoms with Crippen LogP contribution in [-0.2, 0) is 19.0 Å². The number of esters is 1. The Morgan fingerprint density at radius 3 is 2.59 bits per heavy atom. The van der Waals surface area contributed by atoms with Crippen LogP contribution in [0.3, 0.4) is 0 Å². The molecule has 29 heavy (non-hydrogen) atoms. The first-order valence-corrected chi connectivity index (χ1v) is 11.7. The number of carbonyl (C=O) groups is 1. The molecule has 1 N–H and O–H groups in total. The molecule has 0 aromatic carbocycles. The Bertz CT molecular complexity index is 497. The van der Waals surface area contributed by atoms with Crippen LogP contribution in [0.4, 0.5) is 0 Å². The maximum absolute atomic E-state index is 11.2. The number of rotatable bonds is 13. The van der Waals surface area contributed by atoms with Crippen molar-refractivity contribution < 1.29 is 24.1 Å². The van der Waals surface area contributed by atoms with Gasteiger partial charge in [-0.05, 0) is 56.3 Å². The zero-order chi connectivity index (χ0) is 21.1. The molecule has 5 nitrogen and oxygen atoms in total. The van der Waals surface area contributed by atoms with Gasteiger partial charge in [-0.3, -0.25) is 4.79 Å². The first-order valence-electron chi connectivity index (χ1n) is 11.7. The number of unbranched alkanes of at least 4 members (excludes halogenated alkanes) is 3. The lowest BCUT2D eigenvalue weighted by Crippen LogP contribution is -2.32. The summed E-state index contributed by atoms with van der Waals surface area (Å²) in [6.45, 7) is 5.85. The Kier molecular flexibility index (Phi) is 10.7. The van der Waals surface area contributed by atoms with Gasteiger partial charge >= 0.3 is 5.97 Å². The maximum atomic E-state index is 11.2. The minimum atomic E-state index is -0.422. The quantitative estimate of drug-likeness (QED) is 0.263. The predicted octanol–water partition coefficient (Wildman–Crippen LogP) is 5.01. The van der Waals surface area contributed by atoms with E-state index in [1.54, 1.807) is 0 Å². The van der Waals surface area contributed by atoms with Crippen molar-refractivity contribution in [1.29, 1.82) is 0 Å². The number of carbonyl (C=O) groups excluding carboxylic acids is 1. The lowest BCUT2D eigenvalue weighted by atomic mass is 9.82. The molecule has 4 atom stereocenters. The van der Waals surface area contributed by atoms with Crippen LogP contribution in [-0.4, -0.2) is 43.3 Å². The first kappa shape index (κ1) is 24.4. The van der Waals surface area contributed by atoms with Crippen LogP contribution in [0, 0.1) is 17.8 Å². The van der Waals surface area contributed by atoms with E-state index >= 15 is 0 Å². The molecule has 2 fully saturated rings. The molecule has 1 unspecified atom stereocenters. The number of hydrogen-bond donors (Lipinski definition) is 1. The average molecular weight is 411 g/mol. The Morgan fingerprint density at radius 2 is 1.90 bits per heavy atom. The molecule has 0 spiro atoms. The van der Waals surface area contributed by atoms with Crippen molar-refractivity contribution in [2.24, 2.45) is 17.8 Å². The van der Waals surface area contributed by atoms with E-state index < -0.39 is 5.79 Å². The highest BCUT2D eigenvalue weighted by molar-refractivity contribution is 5.69. The number of hydrogen-bond acceptors (Lipinski definition) is 5. The Balaban J connectivity index is 1.82. The third-order valence-corrected chi connectivity index (χ3v) is 6.78. The molecule has 5 heteroatoms. The number of aliphatic hydroxyl groups is 1. The van der Waals surface area contributed by atoms with Gasteiger partial charge in [0.1, 0.15) is 0 Å². The third-order valence-electron chi connectivity index (χ3n) is 6.78. The van der Waals surface area contributed by atoms with Crippen molar-refractivity contribution in [3.05, 3.63) is 12.2 Å². The molecule has 0 aromatic heterocycles. The molecule has 1 saturated carbocycles. The summed E-state index contributed by atoms with van der Waals surface area (Å²) in [5, 5.41) is 10.7. The smallest absolute Gasteiger partial charge is 0.305 e. The molecular weight excluding hydrogens is 368 g/mol. The van der Waals surface area contributed by atoms with Gasteiger partial charge in [0.15, 0.2) is 5.79 Å². The molecule has 1 aliphatic carbocycles. The van der Waals surface area contributed by atoms with Crippen molar-refractivity contribution in [2.75, 3.05) is 20.3 Å². The van der Waals surface area contributed by atoms with Crippen molar-refractivity contribution in [1.82, 2.24) is 0 Å². The van der Waals surface area contributed by atoms with Gasteiger partial charge in [0.25, 0.3) is 0 Å². The number of allylic oxidation sites excluding steroid dienone is 2. The highest BCUT2D eigenvalue weighted by Crippen LogP contribution is 2.44. The number of ether oxygens (including phenoxy) is 3. The van der Waals surface area contributed by atoms with E-state index in [4.69, 9.17) is 9.47 Å². The average Bonchev–Trinajstić information content (AvgIpc) is 3.27. The van der Waals surface area contributed by atoms with Crippen LogP contribution < -0.4 is 0 Å². The molecule has 1 heterocycles. The van der Waals surface area contributed by atoms with Crippen LogP contribution in [0.25, 0.3) is 0 Å². The summed E-state index contributed by atoms with van der Waals surface area (Å²) in [5.74, 6) is 0.762. The van der Waals surface area contributed by atoms with Crippen molar-refractivity contribution in [3.8, 4) is 0 Å². The fourth-order valence-electron chi connectivity index (χ4n) is 5.03. The van der Waals surface area contributed by atoms with Crippen LogP contribution >= 0.6 is 0 Å². The van der Waals surface area contributed by atoms with Gasteiger partial charge in [0.05, 0.1) is 26.4 Å². The Labute approximate surface area is 177 Å². The SMILES string of the molecule is CCCCCC1(CC[C@H]2[C@@H](O)CC(C)[C@@H]2C/C=C\CCCC(=O)OC)OCCO1. The summed E-state index contributed by atoms with van der Waals surface area (Å²) < 4.78 is 16.8. The number of aliphatic hydroxyl groups excluding tert-OH is 1. The summed E-state index contributed by atoms with van der Waals surface area (Å²) in [5.41, 5.74) is 0. The second kappa shape index (κ2) is 12.7. The van der Waals surface area contributed by atoms with Gasteiger partial charge in [-0.15, -0.1) is 0 Å². The van der Waals surface area contributed by atoms with Gasteiger partial charge in [-0.25, -0.2) is 0 Å². The van der Waals surface area contributed by atoms with Gasteiger partial charge in [-0.1, -0.05) is 38.8 Å². The van der Waals surface area contributed by atoms with Crippen LogP contribution in [0.5, 0.6) is 0 Å². The van der Waals surface area contributed by atoms with Crippen molar-refractivity contribution in [3.63, 3.8) is 0 Å². The summed E-state index contributed by atoms with van der Waals surface area (Å²) >= 11 is 0. The fraction of sp³-hybridized carbons (Fsp3) is 0.875. The topological polar surface area (TPSA) is 65.0 Å². The zero-order valence-corrected chi connectivity index (χ0v) is 18.7. The molecule has 0 radical (unpaired) electrons. The maximum Gasteiger partial charge on any atom is 0.305 e. The van der Waals surface area contributed by atoms with Gasteiger partial charge in [0, 0.05) is 19.3 Å². The minimum Gasteiger partial charge on any atom is -0.469 e. The lowest BCUT2D eigenvalue weighted by Gasteiger charge is -2.31. The van der Waals surface area contributed by atoms with Crippen LogP contribution in [0.2, 0.25) is 0 Å².